The summed E-state index contributed by atoms with van der Waals surface area (Å²) >= 11 is 0. The van der Waals surface area contributed by atoms with Gasteiger partial charge in [0.05, 0.1) is 18.4 Å². The van der Waals surface area contributed by atoms with Crippen LogP contribution in [0.25, 0.3) is 0 Å². The number of nitrogen functional groups attached to an aromatic ring is 1. The largest absolute Gasteiger partial charge is 0.482 e. The van der Waals surface area contributed by atoms with Crippen molar-refractivity contribution in [3.05, 3.63) is 23.8 Å². The number of benzene rings is 1. The third-order valence-electron chi connectivity index (χ3n) is 3.51. The second-order valence-electron chi connectivity index (χ2n) is 5.08. The Morgan fingerprint density at radius 3 is 2.71 bits per heavy atom. The van der Waals surface area contributed by atoms with Gasteiger partial charge >= 0.3 is 5.97 Å². The monoisotopic (exact) mass is 292 g/mol. The molecule has 21 heavy (non-hydrogen) atoms. The Morgan fingerprint density at radius 2 is 2.05 bits per heavy atom. The minimum absolute atomic E-state index is 0.120. The first-order valence-electron chi connectivity index (χ1n) is 7.00. The van der Waals surface area contributed by atoms with Gasteiger partial charge in [0, 0.05) is 6.04 Å². The highest BCUT2D eigenvalue weighted by Gasteiger charge is 2.17. The van der Waals surface area contributed by atoms with Crippen LogP contribution in [0.15, 0.2) is 18.2 Å². The van der Waals surface area contributed by atoms with E-state index >= 15 is 0 Å². The van der Waals surface area contributed by atoms with Gasteiger partial charge < -0.3 is 20.5 Å². The van der Waals surface area contributed by atoms with Crippen LogP contribution in [-0.2, 0) is 9.53 Å². The maximum Gasteiger partial charge on any atom is 0.337 e. The number of amides is 1. The smallest absolute Gasteiger partial charge is 0.337 e. The number of methoxy groups -OCH3 is 1. The normalized spacial score (nSPS) is 14.7. The number of nitrogens with two attached hydrogens (primary N) is 1. The molecule has 1 saturated carbocycles. The first-order chi connectivity index (χ1) is 10.1. The van der Waals surface area contributed by atoms with E-state index in [0.29, 0.717) is 17.0 Å². The fourth-order valence-electron chi connectivity index (χ4n) is 2.39. The molecule has 0 atom stereocenters. The van der Waals surface area contributed by atoms with Gasteiger partial charge in [-0.2, -0.15) is 0 Å². The van der Waals surface area contributed by atoms with Crippen LogP contribution in [0.3, 0.4) is 0 Å². The van der Waals surface area contributed by atoms with Crippen LogP contribution in [-0.4, -0.2) is 31.6 Å². The average molecular weight is 292 g/mol. The first kappa shape index (κ1) is 15.2. The summed E-state index contributed by atoms with van der Waals surface area (Å²) in [6.07, 6.45) is 4.34. The lowest BCUT2D eigenvalue weighted by molar-refractivity contribution is -0.123. The maximum atomic E-state index is 11.8. The van der Waals surface area contributed by atoms with E-state index in [1.807, 2.05) is 0 Å². The molecular weight excluding hydrogens is 272 g/mol. The van der Waals surface area contributed by atoms with Crippen LogP contribution >= 0.6 is 0 Å². The van der Waals surface area contributed by atoms with Crippen LogP contribution in [0, 0.1) is 0 Å². The van der Waals surface area contributed by atoms with Crippen molar-refractivity contribution >= 4 is 17.6 Å². The number of carbonyl (C=O) groups is 2. The molecule has 1 aliphatic rings. The van der Waals surface area contributed by atoms with Crippen molar-refractivity contribution in [2.75, 3.05) is 19.5 Å². The number of anilines is 1. The minimum Gasteiger partial charge on any atom is -0.482 e. The average Bonchev–Trinajstić information content (AvgIpc) is 2.98. The highest BCUT2D eigenvalue weighted by Crippen LogP contribution is 2.23. The van der Waals surface area contributed by atoms with E-state index in [4.69, 9.17) is 10.5 Å². The molecule has 1 fully saturated rings. The number of nitrogens with one attached hydrogen (secondary N) is 1. The van der Waals surface area contributed by atoms with E-state index in [-0.39, 0.29) is 18.6 Å². The first-order valence-corrected chi connectivity index (χ1v) is 7.00. The second kappa shape index (κ2) is 6.97. The summed E-state index contributed by atoms with van der Waals surface area (Å²) in [6.45, 7) is -0.120. The molecule has 0 unspecified atom stereocenters. The molecule has 2 rings (SSSR count). The Morgan fingerprint density at radius 1 is 1.33 bits per heavy atom. The minimum atomic E-state index is -0.477. The molecule has 0 bridgehead atoms. The molecule has 1 amide bonds. The van der Waals surface area contributed by atoms with Crippen molar-refractivity contribution in [1.82, 2.24) is 5.32 Å². The zero-order chi connectivity index (χ0) is 15.2. The molecular formula is C15H20N2O4. The number of carbonyl (C=O) groups excluding carboxylic acids is 2. The molecule has 0 radical (unpaired) electrons. The summed E-state index contributed by atoms with van der Waals surface area (Å²) in [7, 11) is 1.30. The summed E-state index contributed by atoms with van der Waals surface area (Å²) in [5.41, 5.74) is 6.48. The number of esters is 1. The van der Waals surface area contributed by atoms with Gasteiger partial charge in [0.1, 0.15) is 5.75 Å². The highest BCUT2D eigenvalue weighted by molar-refractivity contribution is 5.90. The standard InChI is InChI=1S/C15H20N2O4/c1-20-15(19)10-6-7-12(16)13(8-10)21-9-14(18)17-11-4-2-3-5-11/h6-8,11H,2-5,9,16H2,1H3,(H,17,18). The number of ether oxygens (including phenoxy) is 2. The lowest BCUT2D eigenvalue weighted by atomic mass is 10.2. The van der Waals surface area contributed by atoms with Crippen molar-refractivity contribution < 1.29 is 19.1 Å². The van der Waals surface area contributed by atoms with Gasteiger partial charge in [-0.05, 0) is 31.0 Å². The predicted molar refractivity (Wildman–Crippen MR) is 78.1 cm³/mol. The molecule has 0 spiro atoms. The summed E-state index contributed by atoms with van der Waals surface area (Å²) in [5.74, 6) is -0.348. The van der Waals surface area contributed by atoms with E-state index in [1.54, 1.807) is 12.1 Å². The van der Waals surface area contributed by atoms with Crippen LogP contribution < -0.4 is 15.8 Å². The van der Waals surface area contributed by atoms with Crippen molar-refractivity contribution in [1.29, 1.82) is 0 Å². The van der Waals surface area contributed by atoms with Gasteiger partial charge in [0.15, 0.2) is 6.61 Å². The van der Waals surface area contributed by atoms with Crippen LogP contribution in [0.1, 0.15) is 36.0 Å². The van der Waals surface area contributed by atoms with Crippen molar-refractivity contribution in [2.45, 2.75) is 31.7 Å². The molecule has 0 aromatic heterocycles. The Bertz CT molecular complexity index is 524. The molecule has 1 aliphatic carbocycles. The summed E-state index contributed by atoms with van der Waals surface area (Å²) in [6, 6.07) is 4.83. The van der Waals surface area contributed by atoms with E-state index in [1.165, 1.54) is 13.2 Å². The predicted octanol–water partition coefficient (Wildman–Crippen LogP) is 1.49. The van der Waals surface area contributed by atoms with E-state index < -0.39 is 5.97 Å². The molecule has 6 nitrogen and oxygen atoms in total. The third kappa shape index (κ3) is 4.11. The van der Waals surface area contributed by atoms with Gasteiger partial charge in [-0.25, -0.2) is 4.79 Å². The van der Waals surface area contributed by atoms with Crippen molar-refractivity contribution in [3.63, 3.8) is 0 Å². The van der Waals surface area contributed by atoms with Crippen LogP contribution in [0.4, 0.5) is 5.69 Å². The van der Waals surface area contributed by atoms with E-state index in [9.17, 15) is 9.59 Å². The molecule has 3 N–H and O–H groups in total. The number of hydrogen-bond donors (Lipinski definition) is 2. The van der Waals surface area contributed by atoms with Gasteiger partial charge in [0.2, 0.25) is 0 Å². The van der Waals surface area contributed by atoms with E-state index in [2.05, 4.69) is 10.1 Å². The lowest BCUT2D eigenvalue weighted by Gasteiger charge is -2.13. The second-order valence-corrected chi connectivity index (χ2v) is 5.08. The zero-order valence-electron chi connectivity index (χ0n) is 12.1. The van der Waals surface area contributed by atoms with Crippen molar-refractivity contribution in [2.24, 2.45) is 0 Å². The Hall–Kier alpha value is -2.24. The van der Waals surface area contributed by atoms with Gasteiger partial charge in [0.25, 0.3) is 5.91 Å². The Labute approximate surface area is 123 Å². The Balaban J connectivity index is 1.92. The van der Waals surface area contributed by atoms with Crippen LogP contribution in [0.5, 0.6) is 5.75 Å². The fraction of sp³-hybridized carbons (Fsp3) is 0.467. The quantitative estimate of drug-likeness (QED) is 0.634. The third-order valence-corrected chi connectivity index (χ3v) is 3.51. The van der Waals surface area contributed by atoms with Crippen molar-refractivity contribution in [3.8, 4) is 5.75 Å². The van der Waals surface area contributed by atoms with Gasteiger partial charge in [-0.1, -0.05) is 12.8 Å². The van der Waals surface area contributed by atoms with Gasteiger partial charge in [-0.3, -0.25) is 4.79 Å². The molecule has 0 heterocycles. The highest BCUT2D eigenvalue weighted by atomic mass is 16.5. The topological polar surface area (TPSA) is 90.7 Å². The molecule has 1 aromatic rings. The van der Waals surface area contributed by atoms with Gasteiger partial charge in [-0.15, -0.1) is 0 Å². The molecule has 0 aliphatic heterocycles. The SMILES string of the molecule is COC(=O)c1ccc(N)c(OCC(=O)NC2CCCC2)c1. The molecule has 1 aromatic carbocycles. The summed E-state index contributed by atoms with van der Waals surface area (Å²) < 4.78 is 10.0. The fourth-order valence-corrected chi connectivity index (χ4v) is 2.39. The number of hydrogen-bond acceptors (Lipinski definition) is 5. The molecule has 6 heteroatoms. The summed E-state index contributed by atoms with van der Waals surface area (Å²) in [5, 5.41) is 2.92. The molecule has 114 valence electrons. The maximum absolute atomic E-state index is 11.8. The van der Waals surface area contributed by atoms with Crippen LogP contribution in [0.2, 0.25) is 0 Å². The lowest BCUT2D eigenvalue weighted by Crippen LogP contribution is -2.36. The zero-order valence-corrected chi connectivity index (χ0v) is 12.1. The van der Waals surface area contributed by atoms with E-state index in [0.717, 1.165) is 25.7 Å². The Kier molecular flexibility index (Phi) is 5.03. The number of rotatable bonds is 5. The molecule has 0 saturated heterocycles. The summed E-state index contributed by atoms with van der Waals surface area (Å²) in [4.78, 5) is 23.2.